The van der Waals surface area contributed by atoms with E-state index in [0.29, 0.717) is 0 Å². The van der Waals surface area contributed by atoms with E-state index in [2.05, 4.69) is 84.7 Å². The molecule has 0 atom stereocenters. The topological polar surface area (TPSA) is 17.3 Å². The largest absolute Gasteiger partial charge is 0.298 e. The zero-order valence-electron chi connectivity index (χ0n) is 10.6. The van der Waals surface area contributed by atoms with Crippen LogP contribution in [0.2, 0.25) is 0 Å². The van der Waals surface area contributed by atoms with Crippen molar-refractivity contribution in [3.8, 4) is 11.3 Å². The van der Waals surface area contributed by atoms with Gasteiger partial charge in [0, 0.05) is 20.7 Å². The van der Waals surface area contributed by atoms with E-state index in [9.17, 15) is 0 Å². The molecule has 0 aliphatic carbocycles. The second-order valence-corrected chi connectivity index (χ2v) is 6.36. The van der Waals surface area contributed by atoms with Crippen LogP contribution in [0.25, 0.3) is 16.9 Å². The SMILES string of the molecule is Cc1cc2nc(C)c(-c3ccc(Br)cc3)n2cc1Br. The molecule has 4 heteroatoms. The molecule has 0 radical (unpaired) electrons. The molecule has 2 nitrogen and oxygen atoms in total. The lowest BCUT2D eigenvalue weighted by Gasteiger charge is -2.05. The predicted molar refractivity (Wildman–Crippen MR) is 85.5 cm³/mol. The summed E-state index contributed by atoms with van der Waals surface area (Å²) < 4.78 is 4.31. The number of benzene rings is 1. The summed E-state index contributed by atoms with van der Waals surface area (Å²) in [4.78, 5) is 4.64. The lowest BCUT2D eigenvalue weighted by Crippen LogP contribution is -1.91. The van der Waals surface area contributed by atoms with Gasteiger partial charge in [0.1, 0.15) is 5.65 Å². The summed E-state index contributed by atoms with van der Waals surface area (Å²) in [6, 6.07) is 10.4. The van der Waals surface area contributed by atoms with Gasteiger partial charge in [-0.3, -0.25) is 4.40 Å². The summed E-state index contributed by atoms with van der Waals surface area (Å²) in [7, 11) is 0. The van der Waals surface area contributed by atoms with E-state index in [1.807, 2.05) is 6.92 Å². The van der Waals surface area contributed by atoms with Crippen LogP contribution >= 0.6 is 31.9 Å². The van der Waals surface area contributed by atoms with E-state index < -0.39 is 0 Å². The molecule has 0 aliphatic rings. The lowest BCUT2D eigenvalue weighted by molar-refractivity contribution is 1.16. The molecule has 3 rings (SSSR count). The van der Waals surface area contributed by atoms with Crippen LogP contribution in [-0.2, 0) is 0 Å². The molecule has 96 valence electrons. The Hall–Kier alpha value is -1.13. The Balaban J connectivity index is 2.31. The van der Waals surface area contributed by atoms with Crippen LogP contribution in [0.15, 0.2) is 45.5 Å². The fourth-order valence-corrected chi connectivity index (χ4v) is 2.82. The number of rotatable bonds is 1. The second kappa shape index (κ2) is 4.76. The molecule has 19 heavy (non-hydrogen) atoms. The first-order valence-corrected chi connectivity index (χ1v) is 7.55. The summed E-state index contributed by atoms with van der Waals surface area (Å²) >= 11 is 7.06. The van der Waals surface area contributed by atoms with E-state index in [4.69, 9.17) is 0 Å². The molecule has 0 spiro atoms. The molecular weight excluding hydrogens is 368 g/mol. The van der Waals surface area contributed by atoms with Gasteiger partial charge < -0.3 is 0 Å². The summed E-state index contributed by atoms with van der Waals surface area (Å²) in [6.45, 7) is 4.13. The minimum atomic E-state index is 0.983. The number of hydrogen-bond acceptors (Lipinski definition) is 1. The fraction of sp³-hybridized carbons (Fsp3) is 0.133. The number of fused-ring (bicyclic) bond motifs is 1. The zero-order valence-corrected chi connectivity index (χ0v) is 13.8. The predicted octanol–water partition coefficient (Wildman–Crippen LogP) is 5.14. The van der Waals surface area contributed by atoms with Gasteiger partial charge in [-0.2, -0.15) is 0 Å². The molecular formula is C15H12Br2N2. The number of aryl methyl sites for hydroxylation is 2. The van der Waals surface area contributed by atoms with Crippen molar-refractivity contribution in [1.29, 1.82) is 0 Å². The zero-order chi connectivity index (χ0) is 13.6. The second-order valence-electron chi connectivity index (χ2n) is 4.59. The monoisotopic (exact) mass is 378 g/mol. The molecule has 0 bridgehead atoms. The molecule has 0 N–H and O–H groups in total. The van der Waals surface area contributed by atoms with E-state index in [-0.39, 0.29) is 0 Å². The van der Waals surface area contributed by atoms with Gasteiger partial charge >= 0.3 is 0 Å². The molecule has 2 heterocycles. The number of imidazole rings is 1. The molecule has 3 aromatic rings. The van der Waals surface area contributed by atoms with E-state index in [0.717, 1.165) is 26.0 Å². The number of aromatic nitrogens is 2. The van der Waals surface area contributed by atoms with Crippen molar-refractivity contribution in [2.45, 2.75) is 13.8 Å². The van der Waals surface area contributed by atoms with Gasteiger partial charge in [-0.15, -0.1) is 0 Å². The summed E-state index contributed by atoms with van der Waals surface area (Å²) in [5.41, 5.74) is 5.53. The number of halogens is 2. The van der Waals surface area contributed by atoms with Crippen molar-refractivity contribution >= 4 is 37.5 Å². The van der Waals surface area contributed by atoms with Gasteiger partial charge in [0.15, 0.2) is 0 Å². The minimum absolute atomic E-state index is 0.983. The fourth-order valence-electron chi connectivity index (χ4n) is 2.23. The van der Waals surface area contributed by atoms with E-state index >= 15 is 0 Å². The van der Waals surface area contributed by atoms with E-state index in [1.54, 1.807) is 0 Å². The quantitative estimate of drug-likeness (QED) is 0.571. The Morgan fingerprint density at radius 1 is 1.05 bits per heavy atom. The molecule has 2 aromatic heterocycles. The highest BCUT2D eigenvalue weighted by molar-refractivity contribution is 9.10. The first-order chi connectivity index (χ1) is 9.06. The Morgan fingerprint density at radius 3 is 2.42 bits per heavy atom. The standard InChI is InChI=1S/C15H12Br2N2/c1-9-7-14-18-10(2)15(19(14)8-13(9)17)11-3-5-12(16)6-4-11/h3-8H,1-2H3. The molecule has 0 saturated carbocycles. The smallest absolute Gasteiger partial charge is 0.137 e. The molecule has 0 amide bonds. The van der Waals surface area contributed by atoms with Gasteiger partial charge in [0.05, 0.1) is 11.4 Å². The molecule has 0 aliphatic heterocycles. The average Bonchev–Trinajstić information content (AvgIpc) is 2.67. The third-order valence-corrected chi connectivity index (χ3v) is 4.55. The van der Waals surface area contributed by atoms with Crippen LogP contribution in [0.5, 0.6) is 0 Å². The van der Waals surface area contributed by atoms with Crippen LogP contribution in [0.3, 0.4) is 0 Å². The van der Waals surface area contributed by atoms with Gasteiger partial charge in [-0.05, 0) is 53.5 Å². The average molecular weight is 380 g/mol. The van der Waals surface area contributed by atoms with Crippen molar-refractivity contribution in [2.75, 3.05) is 0 Å². The Bertz CT molecular complexity index is 758. The van der Waals surface area contributed by atoms with E-state index in [1.165, 1.54) is 11.1 Å². The number of nitrogens with zero attached hydrogens (tertiary/aromatic N) is 2. The molecule has 1 aromatic carbocycles. The highest BCUT2D eigenvalue weighted by Gasteiger charge is 2.12. The molecule has 0 unspecified atom stereocenters. The van der Waals surface area contributed by atoms with Crippen LogP contribution in [0.1, 0.15) is 11.3 Å². The molecule has 0 saturated heterocycles. The van der Waals surface area contributed by atoms with Crippen LogP contribution in [-0.4, -0.2) is 9.38 Å². The van der Waals surface area contributed by atoms with Crippen LogP contribution in [0.4, 0.5) is 0 Å². The van der Waals surface area contributed by atoms with Crippen LogP contribution in [0, 0.1) is 13.8 Å². The highest BCUT2D eigenvalue weighted by Crippen LogP contribution is 2.28. The van der Waals surface area contributed by atoms with Gasteiger partial charge in [-0.25, -0.2) is 4.98 Å². The van der Waals surface area contributed by atoms with Crippen molar-refractivity contribution in [1.82, 2.24) is 9.38 Å². The third-order valence-electron chi connectivity index (χ3n) is 3.20. The molecule has 0 fully saturated rings. The minimum Gasteiger partial charge on any atom is -0.298 e. The Kier molecular flexibility index (Phi) is 3.23. The lowest BCUT2D eigenvalue weighted by atomic mass is 10.1. The van der Waals surface area contributed by atoms with Gasteiger partial charge in [-0.1, -0.05) is 28.1 Å². The Labute approximate surface area is 128 Å². The normalized spacial score (nSPS) is 11.2. The van der Waals surface area contributed by atoms with Crippen molar-refractivity contribution < 1.29 is 0 Å². The van der Waals surface area contributed by atoms with Crippen molar-refractivity contribution in [2.24, 2.45) is 0 Å². The maximum Gasteiger partial charge on any atom is 0.137 e. The summed E-state index contributed by atoms with van der Waals surface area (Å²) in [5.74, 6) is 0. The Morgan fingerprint density at radius 2 is 1.74 bits per heavy atom. The number of pyridine rings is 1. The summed E-state index contributed by atoms with van der Waals surface area (Å²) in [5, 5.41) is 0. The first-order valence-electron chi connectivity index (χ1n) is 5.97. The first kappa shape index (κ1) is 12.9. The maximum absolute atomic E-state index is 4.64. The van der Waals surface area contributed by atoms with Crippen LogP contribution < -0.4 is 0 Å². The maximum atomic E-state index is 4.64. The number of hydrogen-bond donors (Lipinski definition) is 0. The highest BCUT2D eigenvalue weighted by atomic mass is 79.9. The van der Waals surface area contributed by atoms with Gasteiger partial charge in [0.2, 0.25) is 0 Å². The summed E-state index contributed by atoms with van der Waals surface area (Å²) in [6.07, 6.45) is 2.09. The third kappa shape index (κ3) is 2.23. The van der Waals surface area contributed by atoms with Crippen molar-refractivity contribution in [3.63, 3.8) is 0 Å². The van der Waals surface area contributed by atoms with Gasteiger partial charge in [0.25, 0.3) is 0 Å². The van der Waals surface area contributed by atoms with Crippen molar-refractivity contribution in [3.05, 3.63) is 56.7 Å².